The molecule has 1 atom stereocenters. The van der Waals surface area contributed by atoms with Crippen LogP contribution in [0.15, 0.2) is 16.8 Å². The Morgan fingerprint density at radius 2 is 2.09 bits per heavy atom. The van der Waals surface area contributed by atoms with Gasteiger partial charge >= 0.3 is 0 Å². The fourth-order valence-electron chi connectivity index (χ4n) is 3.60. The summed E-state index contributed by atoms with van der Waals surface area (Å²) in [6, 6.07) is 1.75. The number of carbonyl (C=O) groups is 1. The van der Waals surface area contributed by atoms with Gasteiger partial charge in [-0.25, -0.2) is 0 Å². The Morgan fingerprint density at radius 3 is 2.83 bits per heavy atom. The Kier molecular flexibility index (Phi) is 3.63. The molecule has 0 spiro atoms. The van der Waals surface area contributed by atoms with Crippen LogP contribution in [0.5, 0.6) is 0 Å². The van der Waals surface area contributed by atoms with Crippen molar-refractivity contribution in [2.45, 2.75) is 43.9 Å². The number of nitrogens with zero attached hydrogens (tertiary/aromatic N) is 5. The van der Waals surface area contributed by atoms with E-state index < -0.39 is 0 Å². The van der Waals surface area contributed by atoms with Crippen molar-refractivity contribution in [3.8, 4) is 0 Å². The quantitative estimate of drug-likeness (QED) is 0.866. The van der Waals surface area contributed by atoms with Gasteiger partial charge in [-0.15, -0.1) is 0 Å². The maximum absolute atomic E-state index is 12.4. The van der Waals surface area contributed by atoms with Gasteiger partial charge in [-0.2, -0.15) is 10.1 Å². The van der Waals surface area contributed by atoms with Crippen LogP contribution < -0.4 is 0 Å². The second kappa shape index (κ2) is 5.79. The molecule has 1 saturated carbocycles. The Bertz CT molecular complexity index is 701. The first-order valence-electron chi connectivity index (χ1n) is 8.33. The van der Waals surface area contributed by atoms with Crippen molar-refractivity contribution in [2.75, 3.05) is 13.1 Å². The number of amides is 1. The molecule has 1 saturated heterocycles. The van der Waals surface area contributed by atoms with Crippen molar-refractivity contribution in [3.63, 3.8) is 0 Å². The largest absolute Gasteiger partial charge is 0.339 e. The van der Waals surface area contributed by atoms with Crippen molar-refractivity contribution in [3.05, 3.63) is 29.7 Å². The highest BCUT2D eigenvalue weighted by molar-refractivity contribution is 5.92. The van der Waals surface area contributed by atoms with E-state index in [2.05, 4.69) is 15.2 Å². The van der Waals surface area contributed by atoms with E-state index in [1.54, 1.807) is 16.9 Å². The smallest absolute Gasteiger partial charge is 0.274 e. The molecule has 0 aromatic carbocycles. The summed E-state index contributed by atoms with van der Waals surface area (Å²) < 4.78 is 7.13. The first-order valence-corrected chi connectivity index (χ1v) is 8.33. The molecule has 2 aromatic heterocycles. The highest BCUT2D eigenvalue weighted by Crippen LogP contribution is 2.34. The normalized spacial score (nSPS) is 22.1. The van der Waals surface area contributed by atoms with Crippen LogP contribution in [0.1, 0.15) is 66.1 Å². The molecule has 2 fully saturated rings. The van der Waals surface area contributed by atoms with Crippen LogP contribution in [0.2, 0.25) is 0 Å². The van der Waals surface area contributed by atoms with E-state index in [1.165, 1.54) is 12.8 Å². The molecule has 1 amide bonds. The molecule has 1 aliphatic heterocycles. The highest BCUT2D eigenvalue weighted by atomic mass is 16.5. The fraction of sp³-hybridized carbons (Fsp3) is 0.625. The summed E-state index contributed by atoms with van der Waals surface area (Å²) >= 11 is 0. The van der Waals surface area contributed by atoms with Crippen molar-refractivity contribution in [1.29, 1.82) is 0 Å². The average Bonchev–Trinajstić information content (AvgIpc) is 3.30. The number of hydrogen-bond donors (Lipinski definition) is 0. The molecule has 3 heterocycles. The minimum atomic E-state index is -0.0244. The topological polar surface area (TPSA) is 77.0 Å². The summed E-state index contributed by atoms with van der Waals surface area (Å²) in [7, 11) is 1.81. The molecule has 122 valence electrons. The van der Waals surface area contributed by atoms with E-state index in [9.17, 15) is 4.79 Å². The average molecular weight is 315 g/mol. The lowest BCUT2D eigenvalue weighted by atomic mass is 10.1. The van der Waals surface area contributed by atoms with Gasteiger partial charge in [-0.05, 0) is 25.3 Å². The van der Waals surface area contributed by atoms with Crippen molar-refractivity contribution in [1.82, 2.24) is 24.8 Å². The zero-order chi connectivity index (χ0) is 15.8. The van der Waals surface area contributed by atoms with Crippen LogP contribution >= 0.6 is 0 Å². The van der Waals surface area contributed by atoms with Gasteiger partial charge in [0.2, 0.25) is 5.89 Å². The molecule has 2 aliphatic rings. The summed E-state index contributed by atoms with van der Waals surface area (Å²) in [5.74, 6) is 2.12. The summed E-state index contributed by atoms with van der Waals surface area (Å²) in [6.45, 7) is 1.34. The Morgan fingerprint density at radius 1 is 1.26 bits per heavy atom. The van der Waals surface area contributed by atoms with Gasteiger partial charge in [0.25, 0.3) is 5.91 Å². The third-order valence-electron chi connectivity index (χ3n) is 4.94. The second-order valence-corrected chi connectivity index (χ2v) is 6.58. The fourth-order valence-corrected chi connectivity index (χ4v) is 3.60. The van der Waals surface area contributed by atoms with E-state index in [1.807, 2.05) is 11.9 Å². The van der Waals surface area contributed by atoms with Crippen LogP contribution in [-0.4, -0.2) is 43.8 Å². The molecule has 0 radical (unpaired) electrons. The monoisotopic (exact) mass is 315 g/mol. The van der Waals surface area contributed by atoms with Gasteiger partial charge in [0.1, 0.15) is 5.69 Å². The first-order chi connectivity index (χ1) is 11.2. The Balaban J connectivity index is 1.43. The van der Waals surface area contributed by atoms with E-state index in [0.29, 0.717) is 30.6 Å². The molecule has 2 aromatic rings. The zero-order valence-electron chi connectivity index (χ0n) is 13.3. The predicted molar refractivity (Wildman–Crippen MR) is 82.0 cm³/mol. The minimum Gasteiger partial charge on any atom is -0.339 e. The summed E-state index contributed by atoms with van der Waals surface area (Å²) in [6.07, 6.45) is 7.48. The number of rotatable bonds is 3. The van der Waals surface area contributed by atoms with Crippen molar-refractivity contribution in [2.24, 2.45) is 7.05 Å². The first kappa shape index (κ1) is 14.4. The van der Waals surface area contributed by atoms with Gasteiger partial charge in [0, 0.05) is 32.3 Å². The van der Waals surface area contributed by atoms with Crippen molar-refractivity contribution < 1.29 is 9.32 Å². The maximum Gasteiger partial charge on any atom is 0.274 e. The molecule has 0 bridgehead atoms. The van der Waals surface area contributed by atoms with Crippen LogP contribution in [0.4, 0.5) is 0 Å². The van der Waals surface area contributed by atoms with Crippen molar-refractivity contribution >= 4 is 5.91 Å². The Labute approximate surface area is 134 Å². The number of aromatic nitrogens is 4. The van der Waals surface area contributed by atoms with Crippen LogP contribution in [-0.2, 0) is 7.05 Å². The molecule has 0 N–H and O–H groups in total. The zero-order valence-corrected chi connectivity index (χ0v) is 13.3. The number of carbonyl (C=O) groups excluding carboxylic acids is 1. The van der Waals surface area contributed by atoms with Crippen LogP contribution in [0.25, 0.3) is 0 Å². The van der Waals surface area contributed by atoms with Gasteiger partial charge in [0.15, 0.2) is 5.82 Å². The lowest BCUT2D eigenvalue weighted by Gasteiger charge is -2.13. The van der Waals surface area contributed by atoms with Gasteiger partial charge in [-0.1, -0.05) is 18.0 Å². The minimum absolute atomic E-state index is 0.0244. The predicted octanol–water partition coefficient (Wildman–Crippen LogP) is 2.09. The SMILES string of the molecule is Cn1ccc(C(=O)N2CC[C@@H](c3nc(C4CCCC4)no3)C2)n1. The molecular weight excluding hydrogens is 294 g/mol. The molecular formula is C16H21N5O2. The molecule has 7 heteroatoms. The highest BCUT2D eigenvalue weighted by Gasteiger charge is 2.33. The number of aryl methyl sites for hydroxylation is 1. The lowest BCUT2D eigenvalue weighted by Crippen LogP contribution is -2.29. The summed E-state index contributed by atoms with van der Waals surface area (Å²) in [5.41, 5.74) is 0.491. The molecule has 1 aliphatic carbocycles. The second-order valence-electron chi connectivity index (χ2n) is 6.58. The third kappa shape index (κ3) is 2.75. The van der Waals surface area contributed by atoms with E-state index in [-0.39, 0.29) is 11.8 Å². The summed E-state index contributed by atoms with van der Waals surface area (Å²) in [4.78, 5) is 18.9. The lowest BCUT2D eigenvalue weighted by molar-refractivity contribution is 0.0783. The third-order valence-corrected chi connectivity index (χ3v) is 4.94. The standard InChI is InChI=1S/C16H21N5O2/c1-20-8-7-13(18-20)16(22)21-9-6-12(10-21)15-17-14(19-23-15)11-4-2-3-5-11/h7-8,11-12H,2-6,9-10H2,1H3/t12-/m1/s1. The van der Waals surface area contributed by atoms with Gasteiger partial charge in [-0.3, -0.25) is 9.48 Å². The number of likely N-dealkylation sites (tertiary alicyclic amines) is 1. The van der Waals surface area contributed by atoms with E-state index in [4.69, 9.17) is 4.52 Å². The maximum atomic E-state index is 12.4. The molecule has 0 unspecified atom stereocenters. The Hall–Kier alpha value is -2.18. The summed E-state index contributed by atoms with van der Waals surface area (Å²) in [5, 5.41) is 8.35. The van der Waals surface area contributed by atoms with Gasteiger partial charge in [0.05, 0.1) is 5.92 Å². The number of hydrogen-bond acceptors (Lipinski definition) is 5. The molecule has 4 rings (SSSR count). The van der Waals surface area contributed by atoms with Gasteiger partial charge < -0.3 is 9.42 Å². The molecule has 7 nitrogen and oxygen atoms in total. The van der Waals surface area contributed by atoms with Crippen LogP contribution in [0, 0.1) is 0 Å². The van der Waals surface area contributed by atoms with Crippen LogP contribution in [0.3, 0.4) is 0 Å². The van der Waals surface area contributed by atoms with E-state index >= 15 is 0 Å². The van der Waals surface area contributed by atoms with E-state index in [0.717, 1.165) is 25.1 Å². The molecule has 23 heavy (non-hydrogen) atoms.